The molecule has 0 aliphatic rings. The van der Waals surface area contributed by atoms with E-state index in [-0.39, 0.29) is 19.4 Å². The van der Waals surface area contributed by atoms with Crippen LogP contribution in [0.4, 0.5) is 0 Å². The van der Waals surface area contributed by atoms with E-state index < -0.39 is 51.8 Å². The van der Waals surface area contributed by atoms with Gasteiger partial charge in [-0.1, -0.05) is 154 Å². The van der Waals surface area contributed by atoms with Crippen molar-refractivity contribution in [1.82, 2.24) is 0 Å². The van der Waals surface area contributed by atoms with Crippen LogP contribution >= 0.6 is 7.82 Å². The molecular formula is C41H77O10P. The number of aliphatic hydroxyl groups is 2. The summed E-state index contributed by atoms with van der Waals surface area (Å²) in [5, 5.41) is 18.3. The van der Waals surface area contributed by atoms with E-state index in [4.69, 9.17) is 19.1 Å². The van der Waals surface area contributed by atoms with Gasteiger partial charge >= 0.3 is 19.8 Å². The van der Waals surface area contributed by atoms with Crippen LogP contribution in [0.3, 0.4) is 0 Å². The number of unbranched alkanes of at least 4 members (excludes halogenated alkanes) is 21. The van der Waals surface area contributed by atoms with Crippen LogP contribution in [0.1, 0.15) is 187 Å². The minimum Gasteiger partial charge on any atom is -0.462 e. The highest BCUT2D eigenvalue weighted by Gasteiger charge is 2.27. The molecule has 0 aliphatic heterocycles. The molecule has 0 aromatic heterocycles. The predicted molar refractivity (Wildman–Crippen MR) is 210 cm³/mol. The number of ether oxygens (including phenoxy) is 2. The zero-order valence-corrected chi connectivity index (χ0v) is 33.9. The van der Waals surface area contributed by atoms with E-state index in [0.29, 0.717) is 12.8 Å². The topological polar surface area (TPSA) is 149 Å². The van der Waals surface area contributed by atoms with E-state index in [1.807, 2.05) is 0 Å². The van der Waals surface area contributed by atoms with Gasteiger partial charge in [0.1, 0.15) is 12.7 Å². The highest BCUT2D eigenvalue weighted by molar-refractivity contribution is 7.47. The maximum absolute atomic E-state index is 12.6. The Morgan fingerprint density at radius 3 is 1.52 bits per heavy atom. The molecule has 0 heterocycles. The molecule has 3 atom stereocenters. The summed E-state index contributed by atoms with van der Waals surface area (Å²) >= 11 is 0. The molecule has 1 unspecified atom stereocenters. The first kappa shape index (κ1) is 50.5. The Balaban J connectivity index is 4.26. The molecular weight excluding hydrogens is 683 g/mol. The third-order valence-electron chi connectivity index (χ3n) is 8.86. The molecule has 0 fully saturated rings. The number of esters is 2. The lowest BCUT2D eigenvalue weighted by Crippen LogP contribution is -2.29. The second-order valence-corrected chi connectivity index (χ2v) is 15.5. The van der Waals surface area contributed by atoms with E-state index in [2.05, 4.69) is 42.7 Å². The van der Waals surface area contributed by atoms with Gasteiger partial charge in [-0.25, -0.2) is 4.57 Å². The van der Waals surface area contributed by atoms with Crippen molar-refractivity contribution in [3.8, 4) is 0 Å². The quantitative estimate of drug-likeness (QED) is 0.0239. The molecule has 0 radical (unpaired) electrons. The average Bonchev–Trinajstić information content (AvgIpc) is 3.13. The zero-order chi connectivity index (χ0) is 38.4. The highest BCUT2D eigenvalue weighted by atomic mass is 31.2. The number of phosphoric ester groups is 1. The second kappa shape index (κ2) is 37.8. The molecule has 0 bridgehead atoms. The van der Waals surface area contributed by atoms with Gasteiger partial charge in [0, 0.05) is 12.8 Å². The first-order valence-electron chi connectivity index (χ1n) is 20.8. The molecule has 11 heteroatoms. The van der Waals surface area contributed by atoms with Crippen LogP contribution in [0.15, 0.2) is 24.3 Å². The number of phosphoric acid groups is 1. The average molecular weight is 761 g/mol. The van der Waals surface area contributed by atoms with E-state index in [0.717, 1.165) is 51.4 Å². The minimum atomic E-state index is -4.61. The van der Waals surface area contributed by atoms with Gasteiger partial charge in [0.15, 0.2) is 6.10 Å². The van der Waals surface area contributed by atoms with Crippen molar-refractivity contribution in [2.75, 3.05) is 26.4 Å². The van der Waals surface area contributed by atoms with Crippen molar-refractivity contribution in [2.45, 2.75) is 199 Å². The number of allylic oxidation sites excluding steroid dienone is 4. The van der Waals surface area contributed by atoms with Gasteiger partial charge in [0.25, 0.3) is 0 Å². The van der Waals surface area contributed by atoms with E-state index in [1.165, 1.54) is 96.3 Å². The number of rotatable bonds is 39. The largest absolute Gasteiger partial charge is 0.472 e. The second-order valence-electron chi connectivity index (χ2n) is 14.0. The zero-order valence-electron chi connectivity index (χ0n) is 33.0. The van der Waals surface area contributed by atoms with Crippen molar-refractivity contribution in [3.63, 3.8) is 0 Å². The van der Waals surface area contributed by atoms with Crippen LogP contribution in [0.2, 0.25) is 0 Å². The van der Waals surface area contributed by atoms with Gasteiger partial charge in [0.2, 0.25) is 0 Å². The molecule has 10 nitrogen and oxygen atoms in total. The van der Waals surface area contributed by atoms with Crippen molar-refractivity contribution in [1.29, 1.82) is 0 Å². The summed E-state index contributed by atoms with van der Waals surface area (Å²) in [6, 6.07) is 0. The molecule has 0 aromatic carbocycles. The lowest BCUT2D eigenvalue weighted by Gasteiger charge is -2.20. The summed E-state index contributed by atoms with van der Waals surface area (Å²) in [7, 11) is -4.61. The molecule has 3 N–H and O–H groups in total. The summed E-state index contributed by atoms with van der Waals surface area (Å²) in [5.41, 5.74) is 0. The molecule has 0 saturated heterocycles. The van der Waals surface area contributed by atoms with E-state index in [9.17, 15) is 24.2 Å². The number of carbonyl (C=O) groups excluding carboxylic acids is 2. The molecule has 0 spiro atoms. The van der Waals surface area contributed by atoms with Crippen molar-refractivity contribution >= 4 is 19.8 Å². The fourth-order valence-corrected chi connectivity index (χ4v) is 6.40. The fourth-order valence-electron chi connectivity index (χ4n) is 5.61. The maximum Gasteiger partial charge on any atom is 0.472 e. The third-order valence-corrected chi connectivity index (χ3v) is 9.81. The van der Waals surface area contributed by atoms with Crippen LogP contribution in [0, 0.1) is 0 Å². The van der Waals surface area contributed by atoms with E-state index in [1.54, 1.807) is 0 Å². The summed E-state index contributed by atoms with van der Waals surface area (Å²) in [4.78, 5) is 34.9. The van der Waals surface area contributed by atoms with E-state index >= 15 is 0 Å². The van der Waals surface area contributed by atoms with Crippen molar-refractivity contribution in [2.24, 2.45) is 0 Å². The number of carbonyl (C=O) groups is 2. The van der Waals surface area contributed by atoms with Gasteiger partial charge in [-0.15, -0.1) is 0 Å². The molecule has 52 heavy (non-hydrogen) atoms. The van der Waals surface area contributed by atoms with Crippen LogP contribution in [-0.4, -0.2) is 65.7 Å². The normalized spacial score (nSPS) is 14.2. The van der Waals surface area contributed by atoms with Crippen LogP contribution in [-0.2, 0) is 32.7 Å². The smallest absolute Gasteiger partial charge is 0.462 e. The highest BCUT2D eigenvalue weighted by Crippen LogP contribution is 2.43. The molecule has 0 rings (SSSR count). The van der Waals surface area contributed by atoms with Gasteiger partial charge < -0.3 is 24.6 Å². The molecule has 0 amide bonds. The summed E-state index contributed by atoms with van der Waals surface area (Å²) in [5.74, 6) is -0.927. The van der Waals surface area contributed by atoms with Crippen molar-refractivity contribution in [3.05, 3.63) is 24.3 Å². The van der Waals surface area contributed by atoms with Gasteiger partial charge in [0.05, 0.1) is 19.8 Å². The lowest BCUT2D eigenvalue weighted by molar-refractivity contribution is -0.161. The van der Waals surface area contributed by atoms with Crippen LogP contribution < -0.4 is 0 Å². The predicted octanol–water partition coefficient (Wildman–Crippen LogP) is 10.6. The van der Waals surface area contributed by atoms with Gasteiger partial charge in [-0.2, -0.15) is 0 Å². The number of hydrogen-bond acceptors (Lipinski definition) is 9. The Hall–Kier alpha value is -1.55. The van der Waals surface area contributed by atoms with Gasteiger partial charge in [-0.05, 0) is 44.9 Å². The Labute approximate surface area is 317 Å². The SMILES string of the molecule is CCCCC/C=C\C/C=C\CCCCCCCCCCCC(=O)O[C@H](COC(=O)CCCCCCCCCCCC)COP(=O)(O)OC[C@@H](O)CO. The maximum atomic E-state index is 12.6. The van der Waals surface area contributed by atoms with Crippen LogP contribution in [0.25, 0.3) is 0 Å². The fraction of sp³-hybridized carbons (Fsp3) is 0.854. The monoisotopic (exact) mass is 761 g/mol. The van der Waals surface area contributed by atoms with Crippen LogP contribution in [0.5, 0.6) is 0 Å². The summed E-state index contributed by atoms with van der Waals surface area (Å²) in [6.07, 6.45) is 35.7. The Bertz CT molecular complexity index is 925. The molecule has 306 valence electrons. The first-order chi connectivity index (χ1) is 25.2. The first-order valence-corrected chi connectivity index (χ1v) is 22.3. The third kappa shape index (κ3) is 36.8. The summed E-state index contributed by atoms with van der Waals surface area (Å²) in [6.45, 7) is 2.34. The standard InChI is InChI=1S/C41H77O10P/c1-3-5-7-9-11-13-15-16-17-18-19-20-21-22-23-25-27-29-31-33-41(45)51-39(37-50-52(46,47)49-35-38(43)34-42)36-48-40(44)32-30-28-26-24-14-12-10-8-6-4-2/h11,13,16-17,38-39,42-43H,3-10,12,14-15,18-37H2,1-2H3,(H,46,47)/b13-11-,17-16-/t38-,39+/m0/s1. The molecule has 0 aliphatic carbocycles. The van der Waals surface area contributed by atoms with Gasteiger partial charge in [-0.3, -0.25) is 18.6 Å². The number of aliphatic hydroxyl groups excluding tert-OH is 2. The Morgan fingerprint density at radius 2 is 1.00 bits per heavy atom. The Kier molecular flexibility index (Phi) is 36.6. The minimum absolute atomic E-state index is 0.182. The van der Waals surface area contributed by atoms with Crippen molar-refractivity contribution < 1.29 is 47.8 Å². The Morgan fingerprint density at radius 1 is 0.577 bits per heavy atom. The number of hydrogen-bond donors (Lipinski definition) is 3. The molecule has 0 aromatic rings. The molecule has 0 saturated carbocycles. The lowest BCUT2D eigenvalue weighted by atomic mass is 10.1. The summed E-state index contributed by atoms with van der Waals surface area (Å²) < 4.78 is 32.6.